The lowest BCUT2D eigenvalue weighted by Gasteiger charge is -2.19. The zero-order valence-corrected chi connectivity index (χ0v) is 13.1. The summed E-state index contributed by atoms with van der Waals surface area (Å²) in [5.74, 6) is 0. The van der Waals surface area contributed by atoms with Gasteiger partial charge < -0.3 is 5.32 Å². The third kappa shape index (κ3) is 6.34. The van der Waals surface area contributed by atoms with Crippen LogP contribution in [-0.4, -0.2) is 31.1 Å². The Bertz CT molecular complexity index is 388. The van der Waals surface area contributed by atoms with Crippen molar-refractivity contribution in [3.63, 3.8) is 0 Å². The predicted molar refractivity (Wildman–Crippen MR) is 82.8 cm³/mol. The Morgan fingerprint density at radius 3 is 2.78 bits per heavy atom. The highest BCUT2D eigenvalue weighted by atomic mass is 79.9. The van der Waals surface area contributed by atoms with Gasteiger partial charge in [-0.3, -0.25) is 4.90 Å². The molecule has 0 unspecified atom stereocenters. The zero-order chi connectivity index (χ0) is 13.5. The molecule has 1 rings (SSSR count). The van der Waals surface area contributed by atoms with E-state index in [-0.39, 0.29) is 0 Å². The minimum absolute atomic E-state index is 0.511. The first kappa shape index (κ1) is 15.4. The number of nitrogens with zero attached hydrogens (tertiary/aromatic N) is 1. The van der Waals surface area contributed by atoms with Crippen molar-refractivity contribution in [1.29, 1.82) is 0 Å². The molecule has 1 aromatic rings. The smallest absolute Gasteiger partial charge is 0.0234 e. The second-order valence-electron chi connectivity index (χ2n) is 5.09. The standard InChI is InChI=1S/C15H23BrN2/c1-12(2)17-9-13(3)10-18(4)11-14-6-5-7-15(16)8-14/h5-8,12,17H,3,9-11H2,1-2,4H3. The van der Waals surface area contributed by atoms with Gasteiger partial charge in [-0.25, -0.2) is 0 Å². The Morgan fingerprint density at radius 1 is 1.44 bits per heavy atom. The Balaban J connectivity index is 2.37. The van der Waals surface area contributed by atoms with E-state index in [0.717, 1.165) is 24.1 Å². The first-order valence-electron chi connectivity index (χ1n) is 6.30. The van der Waals surface area contributed by atoms with Crippen LogP contribution in [0.2, 0.25) is 0 Å². The average Bonchev–Trinajstić information content (AvgIpc) is 2.26. The van der Waals surface area contributed by atoms with Crippen LogP contribution >= 0.6 is 15.9 Å². The highest BCUT2D eigenvalue weighted by Crippen LogP contribution is 2.13. The molecule has 0 aliphatic carbocycles. The maximum atomic E-state index is 4.11. The van der Waals surface area contributed by atoms with Gasteiger partial charge in [0.25, 0.3) is 0 Å². The molecule has 0 atom stereocenters. The molecule has 0 amide bonds. The van der Waals surface area contributed by atoms with Gasteiger partial charge in [-0.15, -0.1) is 0 Å². The number of benzene rings is 1. The highest BCUT2D eigenvalue weighted by molar-refractivity contribution is 9.10. The highest BCUT2D eigenvalue weighted by Gasteiger charge is 2.03. The van der Waals surface area contributed by atoms with Crippen molar-refractivity contribution in [3.05, 3.63) is 46.5 Å². The van der Waals surface area contributed by atoms with E-state index in [4.69, 9.17) is 0 Å². The van der Waals surface area contributed by atoms with Crippen LogP contribution in [0.3, 0.4) is 0 Å². The molecule has 3 heteroatoms. The fourth-order valence-electron chi connectivity index (χ4n) is 1.79. The first-order valence-corrected chi connectivity index (χ1v) is 7.09. The second-order valence-corrected chi connectivity index (χ2v) is 6.00. The predicted octanol–water partition coefficient (Wildman–Crippen LogP) is 3.44. The molecule has 0 saturated carbocycles. The van der Waals surface area contributed by atoms with Gasteiger partial charge in [-0.2, -0.15) is 0 Å². The van der Waals surface area contributed by atoms with E-state index in [2.05, 4.69) is 77.9 Å². The van der Waals surface area contributed by atoms with Crippen LogP contribution in [0.4, 0.5) is 0 Å². The van der Waals surface area contributed by atoms with E-state index in [1.807, 2.05) is 0 Å². The first-order chi connectivity index (χ1) is 8.47. The van der Waals surface area contributed by atoms with Crippen molar-refractivity contribution in [2.45, 2.75) is 26.4 Å². The molecule has 2 nitrogen and oxygen atoms in total. The lowest BCUT2D eigenvalue weighted by molar-refractivity contribution is 0.351. The van der Waals surface area contributed by atoms with Gasteiger partial charge in [0, 0.05) is 30.1 Å². The molecule has 18 heavy (non-hydrogen) atoms. The van der Waals surface area contributed by atoms with Gasteiger partial charge in [-0.1, -0.05) is 48.5 Å². The van der Waals surface area contributed by atoms with E-state index < -0.39 is 0 Å². The van der Waals surface area contributed by atoms with Crippen molar-refractivity contribution in [2.24, 2.45) is 0 Å². The summed E-state index contributed by atoms with van der Waals surface area (Å²) in [7, 11) is 2.13. The summed E-state index contributed by atoms with van der Waals surface area (Å²) in [6.45, 7) is 11.2. The molecular weight excluding hydrogens is 288 g/mol. The summed E-state index contributed by atoms with van der Waals surface area (Å²) in [6.07, 6.45) is 0. The monoisotopic (exact) mass is 310 g/mol. The zero-order valence-electron chi connectivity index (χ0n) is 11.5. The largest absolute Gasteiger partial charge is 0.311 e. The van der Waals surface area contributed by atoms with Crippen molar-refractivity contribution < 1.29 is 0 Å². The minimum atomic E-state index is 0.511. The molecular formula is C15H23BrN2. The lowest BCUT2D eigenvalue weighted by Crippen LogP contribution is -2.29. The Morgan fingerprint density at radius 2 is 2.17 bits per heavy atom. The van der Waals surface area contributed by atoms with Crippen LogP contribution in [0.5, 0.6) is 0 Å². The molecule has 0 aliphatic heterocycles. The number of rotatable bonds is 7. The van der Waals surface area contributed by atoms with Gasteiger partial charge >= 0.3 is 0 Å². The molecule has 0 spiro atoms. The molecule has 0 radical (unpaired) electrons. The van der Waals surface area contributed by atoms with Gasteiger partial charge in [0.15, 0.2) is 0 Å². The minimum Gasteiger partial charge on any atom is -0.311 e. The topological polar surface area (TPSA) is 15.3 Å². The lowest BCUT2D eigenvalue weighted by atomic mass is 10.2. The number of likely N-dealkylation sites (N-methyl/N-ethyl adjacent to an activating group) is 1. The second kappa shape index (κ2) is 7.72. The Hall–Kier alpha value is -0.640. The molecule has 0 fully saturated rings. The Labute approximate surface area is 119 Å². The van der Waals surface area contributed by atoms with Crippen LogP contribution in [0.1, 0.15) is 19.4 Å². The number of hydrogen-bond acceptors (Lipinski definition) is 2. The third-order valence-electron chi connectivity index (χ3n) is 2.60. The van der Waals surface area contributed by atoms with Crippen LogP contribution in [0.15, 0.2) is 40.9 Å². The summed E-state index contributed by atoms with van der Waals surface area (Å²) in [6, 6.07) is 8.94. The number of halogens is 1. The molecule has 100 valence electrons. The third-order valence-corrected chi connectivity index (χ3v) is 3.09. The van der Waals surface area contributed by atoms with Crippen LogP contribution in [0.25, 0.3) is 0 Å². The molecule has 0 aliphatic rings. The average molecular weight is 311 g/mol. The van der Waals surface area contributed by atoms with E-state index in [9.17, 15) is 0 Å². The summed E-state index contributed by atoms with van der Waals surface area (Å²) >= 11 is 3.50. The van der Waals surface area contributed by atoms with Crippen LogP contribution in [0, 0.1) is 0 Å². The SMILES string of the molecule is C=C(CNC(C)C)CN(C)Cc1cccc(Br)c1. The summed E-state index contributed by atoms with van der Waals surface area (Å²) < 4.78 is 1.13. The maximum Gasteiger partial charge on any atom is 0.0234 e. The molecule has 0 saturated heterocycles. The van der Waals surface area contributed by atoms with Crippen LogP contribution < -0.4 is 5.32 Å². The molecule has 0 heterocycles. The van der Waals surface area contributed by atoms with E-state index in [1.165, 1.54) is 11.1 Å². The van der Waals surface area contributed by atoms with E-state index >= 15 is 0 Å². The fourth-order valence-corrected chi connectivity index (χ4v) is 2.24. The van der Waals surface area contributed by atoms with Gasteiger partial charge in [0.1, 0.15) is 0 Å². The molecule has 0 aromatic heterocycles. The van der Waals surface area contributed by atoms with Gasteiger partial charge in [-0.05, 0) is 30.3 Å². The molecule has 0 bridgehead atoms. The fraction of sp³-hybridized carbons (Fsp3) is 0.467. The van der Waals surface area contributed by atoms with Crippen molar-refractivity contribution in [2.75, 3.05) is 20.1 Å². The normalized spacial score (nSPS) is 11.2. The maximum absolute atomic E-state index is 4.11. The van der Waals surface area contributed by atoms with Crippen molar-refractivity contribution in [3.8, 4) is 0 Å². The number of hydrogen-bond donors (Lipinski definition) is 1. The quantitative estimate of drug-likeness (QED) is 0.776. The Kier molecular flexibility index (Phi) is 6.61. The number of nitrogens with one attached hydrogen (secondary N) is 1. The van der Waals surface area contributed by atoms with Gasteiger partial charge in [0.05, 0.1) is 0 Å². The van der Waals surface area contributed by atoms with Crippen molar-refractivity contribution >= 4 is 15.9 Å². The van der Waals surface area contributed by atoms with E-state index in [0.29, 0.717) is 6.04 Å². The van der Waals surface area contributed by atoms with Gasteiger partial charge in [0.2, 0.25) is 0 Å². The van der Waals surface area contributed by atoms with E-state index in [1.54, 1.807) is 0 Å². The summed E-state index contributed by atoms with van der Waals surface area (Å²) in [4.78, 5) is 2.28. The van der Waals surface area contributed by atoms with Crippen LogP contribution in [-0.2, 0) is 6.54 Å². The molecule has 1 aromatic carbocycles. The summed E-state index contributed by atoms with van der Waals surface area (Å²) in [5, 5.41) is 3.39. The summed E-state index contributed by atoms with van der Waals surface area (Å²) in [5.41, 5.74) is 2.54. The molecule has 1 N–H and O–H groups in total. The van der Waals surface area contributed by atoms with Crippen molar-refractivity contribution in [1.82, 2.24) is 10.2 Å².